The molecule has 0 saturated carbocycles. The molecule has 1 atom stereocenters. The zero-order valence-electron chi connectivity index (χ0n) is 14.8. The van der Waals surface area contributed by atoms with E-state index in [0.717, 1.165) is 23.2 Å². The first-order valence-corrected chi connectivity index (χ1v) is 8.59. The first kappa shape index (κ1) is 17.3. The third-order valence-electron chi connectivity index (χ3n) is 4.72. The molecule has 0 saturated heterocycles. The van der Waals surface area contributed by atoms with Crippen molar-refractivity contribution in [1.82, 2.24) is 10.2 Å². The van der Waals surface area contributed by atoms with Crippen LogP contribution in [-0.4, -0.2) is 43.3 Å². The minimum Gasteiger partial charge on any atom is -0.394 e. The zero-order valence-corrected chi connectivity index (χ0v) is 14.8. The molecule has 0 fully saturated rings. The summed E-state index contributed by atoms with van der Waals surface area (Å²) in [6.45, 7) is 1.02. The average Bonchev–Trinajstić information content (AvgIpc) is 2.65. The zero-order chi connectivity index (χ0) is 17.8. The van der Waals surface area contributed by atoms with Crippen molar-refractivity contribution in [2.75, 3.05) is 32.1 Å². The van der Waals surface area contributed by atoms with Crippen LogP contribution < -0.4 is 10.2 Å². The number of benzene rings is 2. The highest BCUT2D eigenvalue weighted by molar-refractivity contribution is 5.75. The first-order valence-electron chi connectivity index (χ1n) is 8.59. The number of rotatable bonds is 4. The van der Waals surface area contributed by atoms with Crippen molar-refractivity contribution in [2.24, 2.45) is 0 Å². The summed E-state index contributed by atoms with van der Waals surface area (Å²) in [5.41, 5.74) is 4.41. The summed E-state index contributed by atoms with van der Waals surface area (Å²) in [5.74, 6) is 0. The van der Waals surface area contributed by atoms with Gasteiger partial charge in [-0.1, -0.05) is 36.4 Å². The van der Waals surface area contributed by atoms with Crippen LogP contribution in [0.1, 0.15) is 22.7 Å². The number of hydrogen-bond donors (Lipinski definition) is 2. The first-order chi connectivity index (χ1) is 12.1. The third-order valence-corrected chi connectivity index (χ3v) is 4.72. The Morgan fingerprint density at radius 2 is 2.04 bits per heavy atom. The molecule has 5 nitrogen and oxygen atoms in total. The van der Waals surface area contributed by atoms with Gasteiger partial charge < -0.3 is 20.2 Å². The van der Waals surface area contributed by atoms with Gasteiger partial charge in [0.1, 0.15) is 0 Å². The van der Waals surface area contributed by atoms with Crippen molar-refractivity contribution >= 4 is 11.7 Å². The Balaban J connectivity index is 1.68. The van der Waals surface area contributed by atoms with Gasteiger partial charge in [0, 0.05) is 32.9 Å². The van der Waals surface area contributed by atoms with E-state index in [1.165, 1.54) is 5.56 Å². The topological polar surface area (TPSA) is 55.8 Å². The molecular formula is C20H25N3O2. The molecule has 2 aromatic rings. The monoisotopic (exact) mass is 339 g/mol. The second-order valence-corrected chi connectivity index (χ2v) is 6.56. The summed E-state index contributed by atoms with van der Waals surface area (Å²) < 4.78 is 0. The molecule has 0 aromatic heterocycles. The second-order valence-electron chi connectivity index (χ2n) is 6.56. The van der Waals surface area contributed by atoms with Crippen molar-refractivity contribution in [3.05, 3.63) is 65.2 Å². The molecule has 2 N–H and O–H groups in total. The summed E-state index contributed by atoms with van der Waals surface area (Å²) in [6, 6.07) is 15.7. The van der Waals surface area contributed by atoms with E-state index in [0.29, 0.717) is 13.1 Å². The van der Waals surface area contributed by atoms with Crippen molar-refractivity contribution in [1.29, 1.82) is 0 Å². The minimum absolute atomic E-state index is 0.0689. The molecular weight excluding hydrogens is 314 g/mol. The van der Waals surface area contributed by atoms with Gasteiger partial charge in [-0.25, -0.2) is 4.79 Å². The number of carbonyl (C=O) groups excluding carboxylic acids is 1. The normalized spacial score (nSPS) is 16.3. The van der Waals surface area contributed by atoms with Gasteiger partial charge in [0.15, 0.2) is 0 Å². The predicted molar refractivity (Wildman–Crippen MR) is 99.7 cm³/mol. The molecule has 1 aliphatic heterocycles. The van der Waals surface area contributed by atoms with Gasteiger partial charge >= 0.3 is 6.03 Å². The van der Waals surface area contributed by atoms with Crippen molar-refractivity contribution in [3.63, 3.8) is 0 Å². The Labute approximate surface area is 148 Å². The summed E-state index contributed by atoms with van der Waals surface area (Å²) in [4.78, 5) is 16.4. The number of carbonyl (C=O) groups is 1. The number of aliphatic hydroxyl groups excluding tert-OH is 1. The van der Waals surface area contributed by atoms with Crippen LogP contribution >= 0.6 is 0 Å². The number of nitrogens with zero attached hydrogens (tertiary/aromatic N) is 2. The van der Waals surface area contributed by atoms with Gasteiger partial charge in [0.2, 0.25) is 0 Å². The number of fused-ring (bicyclic) bond motifs is 1. The quantitative estimate of drug-likeness (QED) is 0.900. The van der Waals surface area contributed by atoms with Crippen LogP contribution in [0.4, 0.5) is 10.5 Å². The number of amides is 2. The van der Waals surface area contributed by atoms with Crippen LogP contribution in [0.5, 0.6) is 0 Å². The molecule has 1 unspecified atom stereocenters. The van der Waals surface area contributed by atoms with E-state index in [1.54, 1.807) is 4.90 Å². The van der Waals surface area contributed by atoms with Crippen molar-refractivity contribution < 1.29 is 9.90 Å². The number of aliphatic hydroxyl groups is 1. The van der Waals surface area contributed by atoms with Gasteiger partial charge in [-0.3, -0.25) is 0 Å². The lowest BCUT2D eigenvalue weighted by atomic mass is 9.93. The van der Waals surface area contributed by atoms with Gasteiger partial charge in [-0.2, -0.15) is 0 Å². The van der Waals surface area contributed by atoms with E-state index in [4.69, 9.17) is 0 Å². The summed E-state index contributed by atoms with van der Waals surface area (Å²) in [7, 11) is 3.99. The molecule has 1 aliphatic rings. The fourth-order valence-corrected chi connectivity index (χ4v) is 3.32. The molecule has 2 amide bonds. The second kappa shape index (κ2) is 7.57. The van der Waals surface area contributed by atoms with E-state index in [1.807, 2.05) is 55.4 Å². The largest absolute Gasteiger partial charge is 0.394 e. The molecule has 25 heavy (non-hydrogen) atoms. The summed E-state index contributed by atoms with van der Waals surface area (Å²) in [6.07, 6.45) is 0.816. The van der Waals surface area contributed by atoms with Gasteiger partial charge in [-0.15, -0.1) is 0 Å². The van der Waals surface area contributed by atoms with Gasteiger partial charge in [-0.05, 0) is 35.2 Å². The SMILES string of the molecule is CN(C)c1cccc(CNC(=O)N2CCc3ccccc3C2CO)c1. The van der Waals surface area contributed by atoms with E-state index in [9.17, 15) is 9.90 Å². The standard InChI is InChI=1S/C20H25N3O2/c1-22(2)17-8-5-6-15(12-17)13-21-20(25)23-11-10-16-7-3-4-9-18(16)19(23)14-24/h3-9,12,19,24H,10-11,13-14H2,1-2H3,(H,21,25). The maximum atomic E-state index is 12.7. The van der Waals surface area contributed by atoms with Crippen molar-refractivity contribution in [3.8, 4) is 0 Å². The van der Waals surface area contributed by atoms with Gasteiger partial charge in [0.05, 0.1) is 12.6 Å². The van der Waals surface area contributed by atoms with E-state index < -0.39 is 0 Å². The van der Waals surface area contributed by atoms with Crippen molar-refractivity contribution in [2.45, 2.75) is 19.0 Å². The molecule has 0 spiro atoms. The van der Waals surface area contributed by atoms with Crippen LogP contribution in [0.2, 0.25) is 0 Å². The molecule has 0 aliphatic carbocycles. The van der Waals surface area contributed by atoms with E-state index in [2.05, 4.69) is 17.4 Å². The smallest absolute Gasteiger partial charge is 0.318 e. The Morgan fingerprint density at radius 3 is 2.80 bits per heavy atom. The molecule has 0 radical (unpaired) electrons. The van der Waals surface area contributed by atoms with Crippen LogP contribution in [0.3, 0.4) is 0 Å². The number of anilines is 1. The molecule has 2 aromatic carbocycles. The van der Waals surface area contributed by atoms with Gasteiger partial charge in [0.25, 0.3) is 0 Å². The average molecular weight is 339 g/mol. The molecule has 5 heteroatoms. The lowest BCUT2D eigenvalue weighted by Crippen LogP contribution is -2.46. The Kier molecular flexibility index (Phi) is 5.24. The predicted octanol–water partition coefficient (Wildman–Crippen LogP) is 2.55. The molecule has 1 heterocycles. The maximum Gasteiger partial charge on any atom is 0.318 e. The summed E-state index contributed by atoms with van der Waals surface area (Å²) >= 11 is 0. The Bertz CT molecular complexity index is 745. The van der Waals surface area contributed by atoms with Crippen LogP contribution in [0.25, 0.3) is 0 Å². The minimum atomic E-state index is -0.280. The van der Waals surface area contributed by atoms with Crippen LogP contribution in [-0.2, 0) is 13.0 Å². The molecule has 3 rings (SSSR count). The number of urea groups is 1. The Morgan fingerprint density at radius 1 is 1.24 bits per heavy atom. The Hall–Kier alpha value is -2.53. The number of nitrogens with one attached hydrogen (secondary N) is 1. The third kappa shape index (κ3) is 3.77. The highest BCUT2D eigenvalue weighted by Crippen LogP contribution is 2.29. The van der Waals surface area contributed by atoms with E-state index >= 15 is 0 Å². The highest BCUT2D eigenvalue weighted by atomic mass is 16.3. The lowest BCUT2D eigenvalue weighted by Gasteiger charge is -2.36. The van der Waals surface area contributed by atoms with E-state index in [-0.39, 0.29) is 18.7 Å². The molecule has 0 bridgehead atoms. The fraction of sp³-hybridized carbons (Fsp3) is 0.350. The van der Waals surface area contributed by atoms with Crippen LogP contribution in [0, 0.1) is 0 Å². The summed E-state index contributed by atoms with van der Waals surface area (Å²) in [5, 5.41) is 12.8. The number of hydrogen-bond acceptors (Lipinski definition) is 3. The molecule has 132 valence electrons. The maximum absolute atomic E-state index is 12.7. The van der Waals surface area contributed by atoms with Crippen LogP contribution in [0.15, 0.2) is 48.5 Å². The lowest BCUT2D eigenvalue weighted by molar-refractivity contribution is 0.126. The highest BCUT2D eigenvalue weighted by Gasteiger charge is 2.29. The fourth-order valence-electron chi connectivity index (χ4n) is 3.32.